The van der Waals surface area contributed by atoms with Crippen molar-refractivity contribution in [3.05, 3.63) is 34.5 Å². The normalized spacial score (nSPS) is 20.9. The summed E-state index contributed by atoms with van der Waals surface area (Å²) in [6.45, 7) is 2.53. The number of phenolic OH excluding ortho intramolecular Hbond substituents is 1. The number of hydrazine groups is 1. The highest BCUT2D eigenvalue weighted by atomic mass is 16.6. The summed E-state index contributed by atoms with van der Waals surface area (Å²) in [5, 5.41) is 23.9. The number of rotatable bonds is 8. The summed E-state index contributed by atoms with van der Waals surface area (Å²) in [4.78, 5) is 29.6. The maximum Gasteiger partial charge on any atom is 0.424 e. The molecule has 1 aromatic heterocycles. The molecule has 0 saturated heterocycles. The highest BCUT2D eigenvalue weighted by Crippen LogP contribution is 2.40. The van der Waals surface area contributed by atoms with E-state index in [9.17, 15) is 14.7 Å². The topological polar surface area (TPSA) is 132 Å². The summed E-state index contributed by atoms with van der Waals surface area (Å²) in [7, 11) is 6.78. The number of amides is 2. The highest BCUT2D eigenvalue weighted by molar-refractivity contribution is 5.94. The number of anilines is 1. The lowest BCUT2D eigenvalue weighted by atomic mass is 10.0. The number of ether oxygens (including phenoxy) is 2. The Morgan fingerprint density at radius 1 is 1.24 bits per heavy atom. The van der Waals surface area contributed by atoms with Crippen LogP contribution in [-0.2, 0) is 22.4 Å². The number of aromatic hydroxyl groups is 1. The Hall–Kier alpha value is -3.60. The van der Waals surface area contributed by atoms with E-state index in [1.165, 1.54) is 5.01 Å². The Balaban J connectivity index is 1.38. The Bertz CT molecular complexity index is 1180. The molecule has 1 fully saturated rings. The largest absolute Gasteiger partial charge is 0.507 e. The number of carbonyl (C=O) groups is 2. The van der Waals surface area contributed by atoms with Crippen molar-refractivity contribution in [3.63, 3.8) is 0 Å². The minimum absolute atomic E-state index is 0.0981. The molecule has 2 aromatic rings. The molecule has 0 radical (unpaired) electrons. The zero-order chi connectivity index (χ0) is 26.7. The van der Waals surface area contributed by atoms with E-state index in [1.54, 1.807) is 45.5 Å². The van der Waals surface area contributed by atoms with E-state index >= 15 is 0 Å². The molecule has 11 nitrogen and oxygen atoms in total. The molecular weight excluding hydrogens is 476 g/mol. The van der Waals surface area contributed by atoms with Crippen molar-refractivity contribution in [2.45, 2.75) is 51.0 Å². The molecule has 3 atom stereocenters. The molecule has 1 aromatic carbocycles. The van der Waals surface area contributed by atoms with Crippen LogP contribution < -0.4 is 10.1 Å². The predicted molar refractivity (Wildman–Crippen MR) is 139 cm³/mol. The number of nitrogens with one attached hydrogen (secondary N) is 2. The van der Waals surface area contributed by atoms with Crippen LogP contribution in [0, 0.1) is 5.92 Å². The van der Waals surface area contributed by atoms with Gasteiger partial charge in [-0.3, -0.25) is 14.9 Å². The van der Waals surface area contributed by atoms with Gasteiger partial charge in [-0.25, -0.2) is 14.8 Å². The highest BCUT2D eigenvalue weighted by Gasteiger charge is 2.34. The first-order valence-corrected chi connectivity index (χ1v) is 12.6. The quantitative estimate of drug-likeness (QED) is 0.366. The molecule has 3 N–H and O–H groups in total. The van der Waals surface area contributed by atoms with Crippen molar-refractivity contribution in [2.75, 3.05) is 40.1 Å². The molecule has 0 unspecified atom stereocenters. The summed E-state index contributed by atoms with van der Waals surface area (Å²) in [5.74, 6) is 0.917. The van der Waals surface area contributed by atoms with Crippen molar-refractivity contribution in [1.82, 2.24) is 20.2 Å². The lowest BCUT2D eigenvalue weighted by Crippen LogP contribution is -2.40. The van der Waals surface area contributed by atoms with Gasteiger partial charge < -0.3 is 19.9 Å². The number of aliphatic imine (C=N–C) groups is 1. The monoisotopic (exact) mass is 512 g/mol. The van der Waals surface area contributed by atoms with Crippen molar-refractivity contribution in [1.29, 1.82) is 0 Å². The average Bonchev–Trinajstić information content (AvgIpc) is 3.62. The van der Waals surface area contributed by atoms with Gasteiger partial charge in [-0.05, 0) is 50.2 Å². The van der Waals surface area contributed by atoms with Crippen molar-refractivity contribution in [2.24, 2.45) is 10.9 Å². The van der Waals surface area contributed by atoms with Crippen LogP contribution in [0.3, 0.4) is 0 Å². The molecule has 0 aliphatic heterocycles. The molecular formula is C26H36N6O5. The number of hydrogen-bond donors (Lipinski definition) is 3. The maximum absolute atomic E-state index is 13.2. The molecule has 200 valence electrons. The molecule has 2 amide bonds. The second-order valence-corrected chi connectivity index (χ2v) is 9.78. The van der Waals surface area contributed by atoms with Crippen molar-refractivity contribution in [3.8, 4) is 11.5 Å². The molecule has 2 aliphatic carbocycles. The Morgan fingerprint density at radius 2 is 2.00 bits per heavy atom. The molecule has 0 spiro atoms. The lowest BCUT2D eigenvalue weighted by molar-refractivity contribution is -0.119. The van der Waals surface area contributed by atoms with E-state index in [0.29, 0.717) is 42.9 Å². The van der Waals surface area contributed by atoms with Crippen LogP contribution in [0.1, 0.15) is 54.5 Å². The number of hydrogen-bond acceptors (Lipinski definition) is 8. The third-order valence-electron chi connectivity index (χ3n) is 7.22. The van der Waals surface area contributed by atoms with Gasteiger partial charge in [-0.1, -0.05) is 0 Å². The number of carbonyl (C=O) groups excluding carboxylic acids is 2. The number of fused-ring (bicyclic) bond motifs is 1. The second kappa shape index (κ2) is 11.2. The van der Waals surface area contributed by atoms with Gasteiger partial charge in [0.15, 0.2) is 0 Å². The molecule has 2 aliphatic rings. The van der Waals surface area contributed by atoms with Crippen LogP contribution in [0.25, 0.3) is 0 Å². The summed E-state index contributed by atoms with van der Waals surface area (Å²) in [6, 6.07) is 3.44. The van der Waals surface area contributed by atoms with Crippen LogP contribution in [0.5, 0.6) is 11.5 Å². The first-order valence-electron chi connectivity index (χ1n) is 12.6. The standard InChI is InChI=1S/C26H36N6O5/c1-6-27-14-20-18-10-16(11-19(18)23(36-5)13-22(20)33)25(34)28-24-12-21(29-30-24)15-7-8-17(9-15)37-26(35)32(4)31(2)3/h12-17,33H,6-11H2,1-5H3,(H2,28,29,30,34)/b27-14+/t15-,16-,17+/m0/s1. The lowest BCUT2D eigenvalue weighted by Gasteiger charge is -2.25. The van der Waals surface area contributed by atoms with Gasteiger partial charge in [-0.15, -0.1) is 0 Å². The average molecular weight is 513 g/mol. The number of phenols is 1. The minimum atomic E-state index is -0.378. The third kappa shape index (κ3) is 5.71. The number of aromatic amines is 1. The predicted octanol–water partition coefficient (Wildman–Crippen LogP) is 3.10. The first-order chi connectivity index (χ1) is 17.7. The number of nitrogens with zero attached hydrogens (tertiary/aromatic N) is 4. The SMILES string of the molecule is CC/N=C/c1c(O)cc(OC)c2c1C[C@H](C(=O)Nc1cc([C@H]3CC[C@@H](OC(=O)N(C)N(C)C)C3)n[nH]1)C2. The zero-order valence-electron chi connectivity index (χ0n) is 22.1. The Labute approximate surface area is 216 Å². The number of H-pyrrole nitrogens is 1. The van der Waals surface area contributed by atoms with Gasteiger partial charge in [0.25, 0.3) is 0 Å². The number of methoxy groups -OCH3 is 1. The van der Waals surface area contributed by atoms with E-state index in [4.69, 9.17) is 9.47 Å². The fourth-order valence-corrected chi connectivity index (χ4v) is 5.01. The molecule has 1 heterocycles. The number of benzene rings is 1. The van der Waals surface area contributed by atoms with Gasteiger partial charge >= 0.3 is 6.09 Å². The van der Waals surface area contributed by atoms with E-state index in [-0.39, 0.29) is 35.7 Å². The summed E-state index contributed by atoms with van der Waals surface area (Å²) in [5.41, 5.74) is 3.31. The van der Waals surface area contributed by atoms with Crippen LogP contribution in [0.4, 0.5) is 10.6 Å². The summed E-state index contributed by atoms with van der Waals surface area (Å²) >= 11 is 0. The summed E-state index contributed by atoms with van der Waals surface area (Å²) in [6.07, 6.45) is 4.43. The minimum Gasteiger partial charge on any atom is -0.507 e. The van der Waals surface area contributed by atoms with E-state index in [2.05, 4.69) is 20.5 Å². The Kier molecular flexibility index (Phi) is 8.01. The van der Waals surface area contributed by atoms with Gasteiger partial charge in [-0.2, -0.15) is 5.10 Å². The second-order valence-electron chi connectivity index (χ2n) is 9.78. The van der Waals surface area contributed by atoms with Gasteiger partial charge in [0.2, 0.25) is 5.91 Å². The fraction of sp³-hybridized carbons (Fsp3) is 0.538. The van der Waals surface area contributed by atoms with Crippen molar-refractivity contribution >= 4 is 24.0 Å². The molecule has 11 heteroatoms. The first kappa shape index (κ1) is 26.5. The maximum atomic E-state index is 13.2. The van der Waals surface area contributed by atoms with Crippen LogP contribution >= 0.6 is 0 Å². The van der Waals surface area contributed by atoms with Gasteiger partial charge in [0.05, 0.1) is 12.8 Å². The molecule has 37 heavy (non-hydrogen) atoms. The zero-order valence-corrected chi connectivity index (χ0v) is 22.1. The smallest absolute Gasteiger partial charge is 0.424 e. The Morgan fingerprint density at radius 3 is 2.70 bits per heavy atom. The molecule has 1 saturated carbocycles. The van der Waals surface area contributed by atoms with E-state index in [1.807, 2.05) is 13.0 Å². The van der Waals surface area contributed by atoms with E-state index in [0.717, 1.165) is 29.7 Å². The fourth-order valence-electron chi connectivity index (χ4n) is 5.01. The van der Waals surface area contributed by atoms with Crippen LogP contribution in [-0.4, -0.2) is 84.4 Å². The molecule has 0 bridgehead atoms. The van der Waals surface area contributed by atoms with Crippen LogP contribution in [0.15, 0.2) is 17.1 Å². The summed E-state index contributed by atoms with van der Waals surface area (Å²) < 4.78 is 11.1. The van der Waals surface area contributed by atoms with Gasteiger partial charge in [0, 0.05) is 63.4 Å². The van der Waals surface area contributed by atoms with Gasteiger partial charge in [0.1, 0.15) is 23.4 Å². The van der Waals surface area contributed by atoms with Crippen molar-refractivity contribution < 1.29 is 24.2 Å². The molecule has 4 rings (SSSR count). The van der Waals surface area contributed by atoms with Crippen LogP contribution in [0.2, 0.25) is 0 Å². The third-order valence-corrected chi connectivity index (χ3v) is 7.22. The number of aromatic nitrogens is 2. The van der Waals surface area contributed by atoms with E-state index < -0.39 is 0 Å².